The van der Waals surface area contributed by atoms with Gasteiger partial charge in [0.15, 0.2) is 0 Å². The predicted octanol–water partition coefficient (Wildman–Crippen LogP) is -0.975. The molecule has 7 amide bonds. The third kappa shape index (κ3) is 14.1. The van der Waals surface area contributed by atoms with E-state index in [4.69, 9.17) is 11.5 Å². The summed E-state index contributed by atoms with van der Waals surface area (Å²) in [6.07, 6.45) is 2.81. The van der Waals surface area contributed by atoms with Gasteiger partial charge in [-0.1, -0.05) is 72.8 Å². The van der Waals surface area contributed by atoms with Gasteiger partial charge in [0.1, 0.15) is 42.0 Å². The summed E-state index contributed by atoms with van der Waals surface area (Å²) in [4.78, 5) is 94.9. The number of hydrogen-bond donors (Lipinski definition) is 9. The van der Waals surface area contributed by atoms with Crippen molar-refractivity contribution in [2.24, 2.45) is 11.5 Å². The normalized spacial score (nSPS) is 16.0. The van der Waals surface area contributed by atoms with E-state index in [2.05, 4.69) is 26.6 Å². The van der Waals surface area contributed by atoms with Gasteiger partial charge in [0.05, 0.1) is 13.2 Å². The maximum absolute atomic E-state index is 14.1. The summed E-state index contributed by atoms with van der Waals surface area (Å²) in [6.45, 7) is -1.13. The van der Waals surface area contributed by atoms with Crippen LogP contribution in [0.4, 0.5) is 0 Å². The van der Waals surface area contributed by atoms with Gasteiger partial charge in [0, 0.05) is 25.8 Å². The van der Waals surface area contributed by atoms with Crippen molar-refractivity contribution >= 4 is 53.1 Å². The van der Waals surface area contributed by atoms with E-state index in [0.717, 1.165) is 5.56 Å². The molecule has 0 unspecified atom stereocenters. The summed E-state index contributed by atoms with van der Waals surface area (Å²) in [5.74, 6) is -4.42. The minimum atomic E-state index is -1.49. The Kier molecular flexibility index (Phi) is 18.3. The van der Waals surface area contributed by atoms with Gasteiger partial charge in [-0.15, -0.1) is 0 Å². The quantitative estimate of drug-likeness (QED) is 0.0593. The highest BCUT2D eigenvalue weighted by Gasteiger charge is 2.40. The zero-order valence-corrected chi connectivity index (χ0v) is 34.2. The highest BCUT2D eigenvalue weighted by molar-refractivity contribution is 7.98. The Balaban J connectivity index is 1.49. The molecule has 1 heterocycles. The first-order chi connectivity index (χ1) is 28.8. The number of phenols is 1. The number of carbonyl (C=O) groups excluding carboxylic acids is 7. The molecule has 11 N–H and O–H groups in total. The van der Waals surface area contributed by atoms with Gasteiger partial charge >= 0.3 is 0 Å². The Bertz CT molecular complexity index is 1920. The summed E-state index contributed by atoms with van der Waals surface area (Å²) in [5.41, 5.74) is 13.2. The molecule has 1 aliphatic rings. The van der Waals surface area contributed by atoms with Crippen molar-refractivity contribution in [2.75, 3.05) is 31.7 Å². The lowest BCUT2D eigenvalue weighted by atomic mass is 10.0. The van der Waals surface area contributed by atoms with Crippen molar-refractivity contribution in [1.29, 1.82) is 0 Å². The van der Waals surface area contributed by atoms with Gasteiger partial charge in [-0.3, -0.25) is 33.6 Å². The number of carbonyl (C=O) groups is 7. The van der Waals surface area contributed by atoms with Gasteiger partial charge in [-0.05, 0) is 60.1 Å². The van der Waals surface area contributed by atoms with Gasteiger partial charge in [0.25, 0.3) is 0 Å². The summed E-state index contributed by atoms with van der Waals surface area (Å²) >= 11 is 1.45. The highest BCUT2D eigenvalue weighted by atomic mass is 32.2. The molecule has 4 rings (SSSR count). The number of aromatic hydroxyl groups is 1. The second-order valence-electron chi connectivity index (χ2n) is 14.4. The number of primary amides is 1. The van der Waals surface area contributed by atoms with Crippen LogP contribution in [0.1, 0.15) is 36.0 Å². The van der Waals surface area contributed by atoms with E-state index in [1.165, 1.54) is 28.8 Å². The SMILES string of the molecule is CSCC[C@H](NC(=O)[C@H](Cc1ccccc1)NC(=O)[C@@H]1CCCN1C(=O)[C@H](CO)NC(=O)[C@H](Cc1ccc(O)cc1)NC(=O)CN)C(=O)N[C@@H](Cc1ccccc1)C(N)=O. The summed E-state index contributed by atoms with van der Waals surface area (Å²) in [6, 6.07) is 16.7. The van der Waals surface area contributed by atoms with Gasteiger partial charge in [-0.25, -0.2) is 0 Å². The van der Waals surface area contributed by atoms with Gasteiger partial charge in [-0.2, -0.15) is 11.8 Å². The van der Waals surface area contributed by atoms with Crippen molar-refractivity contribution < 1.29 is 43.8 Å². The molecular formula is C42H54N8O9S. The smallest absolute Gasteiger partial charge is 0.248 e. The number of nitrogens with zero attached hydrogens (tertiary/aromatic N) is 1. The van der Waals surface area contributed by atoms with Crippen molar-refractivity contribution in [3.8, 4) is 5.75 Å². The van der Waals surface area contributed by atoms with Crippen molar-refractivity contribution in [3.05, 3.63) is 102 Å². The number of thioether (sulfide) groups is 1. The van der Waals surface area contributed by atoms with Crippen LogP contribution in [0.2, 0.25) is 0 Å². The van der Waals surface area contributed by atoms with E-state index >= 15 is 0 Å². The molecule has 0 radical (unpaired) electrons. The van der Waals surface area contributed by atoms with Crippen molar-refractivity contribution in [2.45, 2.75) is 74.8 Å². The summed E-state index contributed by atoms with van der Waals surface area (Å²) in [7, 11) is 0. The van der Waals surface area contributed by atoms with E-state index in [1.807, 2.05) is 12.3 Å². The number of likely N-dealkylation sites (tertiary alicyclic amines) is 1. The zero-order valence-electron chi connectivity index (χ0n) is 33.4. The van der Waals surface area contributed by atoms with E-state index in [1.54, 1.807) is 66.7 Å². The maximum atomic E-state index is 14.1. The van der Waals surface area contributed by atoms with Crippen LogP contribution in [0.3, 0.4) is 0 Å². The Morgan fingerprint density at radius 2 is 1.20 bits per heavy atom. The molecule has 0 bridgehead atoms. The molecule has 0 spiro atoms. The number of phenolic OH excluding ortho intramolecular Hbond substituents is 1. The van der Waals surface area contributed by atoms with E-state index < -0.39 is 90.8 Å². The lowest BCUT2D eigenvalue weighted by Crippen LogP contribution is -2.60. The average molecular weight is 847 g/mol. The fraction of sp³-hybridized carbons (Fsp3) is 0.405. The maximum Gasteiger partial charge on any atom is 0.248 e. The fourth-order valence-electron chi connectivity index (χ4n) is 6.74. The topological polar surface area (TPSA) is 275 Å². The number of nitrogens with one attached hydrogen (secondary N) is 5. The number of hydrogen-bond acceptors (Lipinski definition) is 11. The van der Waals surface area contributed by atoms with Crippen LogP contribution < -0.4 is 38.1 Å². The molecule has 322 valence electrons. The van der Waals surface area contributed by atoms with Gasteiger partial charge in [0.2, 0.25) is 41.4 Å². The number of aliphatic hydroxyl groups is 1. The summed E-state index contributed by atoms with van der Waals surface area (Å²) in [5, 5.41) is 33.2. The second kappa shape index (κ2) is 23.6. The third-order valence-corrected chi connectivity index (χ3v) is 10.6. The monoisotopic (exact) mass is 846 g/mol. The molecule has 17 nitrogen and oxygen atoms in total. The van der Waals surface area contributed by atoms with Crippen LogP contribution >= 0.6 is 11.8 Å². The lowest BCUT2D eigenvalue weighted by molar-refractivity contribution is -0.143. The average Bonchev–Trinajstić information content (AvgIpc) is 3.75. The molecule has 0 saturated carbocycles. The first kappa shape index (κ1) is 46.7. The molecule has 1 fully saturated rings. The van der Waals surface area contributed by atoms with Crippen LogP contribution in [-0.2, 0) is 52.8 Å². The predicted molar refractivity (Wildman–Crippen MR) is 225 cm³/mol. The number of aliphatic hydroxyl groups excluding tert-OH is 1. The standard InChI is InChI=1S/C42H54N8O9S/c1-60-20-18-30(38(55)47-31(37(44)54)21-26-9-4-2-5-10-26)46-40(57)33(22-27-11-6-3-7-12-27)48-41(58)35-13-8-19-50(35)42(59)34(25-51)49-39(56)32(45-36(53)24-43)23-28-14-16-29(52)17-15-28/h2-7,9-12,14-17,30-35,51-52H,8,13,18-25,43H2,1H3,(H2,44,54)(H,45,53)(H,46,57)(H,47,55)(H,48,58)(H,49,56)/t30-,31-,32-,33-,34-,35-/m0/s1. The Labute approximate surface area is 352 Å². The van der Waals surface area contributed by atoms with Crippen LogP contribution in [0.15, 0.2) is 84.9 Å². The number of benzene rings is 3. The molecular weight excluding hydrogens is 793 g/mol. The molecule has 0 aromatic heterocycles. The van der Waals surface area contributed by atoms with Crippen LogP contribution in [0, 0.1) is 0 Å². The molecule has 3 aromatic carbocycles. The third-order valence-electron chi connectivity index (χ3n) is 9.95. The largest absolute Gasteiger partial charge is 0.508 e. The minimum absolute atomic E-state index is 0.000529. The number of rotatable bonds is 22. The molecule has 1 saturated heterocycles. The van der Waals surface area contributed by atoms with Crippen LogP contribution in [-0.4, -0.2) is 124 Å². The molecule has 60 heavy (non-hydrogen) atoms. The Morgan fingerprint density at radius 1 is 0.700 bits per heavy atom. The second-order valence-corrected chi connectivity index (χ2v) is 15.4. The van der Waals surface area contributed by atoms with E-state index in [-0.39, 0.29) is 44.4 Å². The first-order valence-electron chi connectivity index (χ1n) is 19.6. The van der Waals surface area contributed by atoms with Gasteiger partial charge < -0.3 is 53.2 Å². The molecule has 0 aliphatic carbocycles. The van der Waals surface area contributed by atoms with Crippen molar-refractivity contribution in [3.63, 3.8) is 0 Å². The van der Waals surface area contributed by atoms with Crippen LogP contribution in [0.25, 0.3) is 0 Å². The molecule has 18 heteroatoms. The van der Waals surface area contributed by atoms with E-state index in [0.29, 0.717) is 23.3 Å². The molecule has 3 aromatic rings. The number of amides is 7. The Hall–Kier alpha value is -5.98. The highest BCUT2D eigenvalue weighted by Crippen LogP contribution is 2.20. The summed E-state index contributed by atoms with van der Waals surface area (Å²) < 4.78 is 0. The fourth-order valence-corrected chi connectivity index (χ4v) is 7.21. The van der Waals surface area contributed by atoms with Crippen molar-refractivity contribution in [1.82, 2.24) is 31.5 Å². The minimum Gasteiger partial charge on any atom is -0.508 e. The van der Waals surface area contributed by atoms with E-state index in [9.17, 15) is 43.8 Å². The molecule has 1 aliphatic heterocycles. The first-order valence-corrected chi connectivity index (χ1v) is 21.0. The molecule has 6 atom stereocenters. The Morgan fingerprint density at radius 3 is 1.73 bits per heavy atom. The lowest BCUT2D eigenvalue weighted by Gasteiger charge is -2.30. The number of nitrogens with two attached hydrogens (primary N) is 2. The zero-order chi connectivity index (χ0) is 43.6. The van der Waals surface area contributed by atoms with Crippen LogP contribution in [0.5, 0.6) is 5.75 Å².